The maximum absolute atomic E-state index is 12.4. The molecule has 1 amide bonds. The Morgan fingerprint density at radius 1 is 1.19 bits per heavy atom. The van der Waals surface area contributed by atoms with Crippen molar-refractivity contribution in [2.45, 2.75) is 32.2 Å². The zero-order chi connectivity index (χ0) is 18.4. The van der Waals surface area contributed by atoms with Crippen molar-refractivity contribution in [3.63, 3.8) is 0 Å². The number of aliphatic hydroxyl groups is 1. The molecule has 1 N–H and O–H groups in total. The molecule has 26 heavy (non-hydrogen) atoms. The molecule has 1 spiro atoms. The van der Waals surface area contributed by atoms with E-state index >= 15 is 0 Å². The van der Waals surface area contributed by atoms with Gasteiger partial charge in [-0.2, -0.15) is 11.8 Å². The Hall–Kier alpha value is -1.04. The van der Waals surface area contributed by atoms with Gasteiger partial charge < -0.3 is 10.0 Å². The number of likely N-dealkylation sites (tertiary alicyclic amines) is 2. The Kier molecular flexibility index (Phi) is 7.01. The first kappa shape index (κ1) is 19.7. The minimum Gasteiger partial charge on any atom is -0.396 e. The Labute approximate surface area is 161 Å². The van der Waals surface area contributed by atoms with Crippen LogP contribution >= 0.6 is 11.8 Å². The third-order valence-electron chi connectivity index (χ3n) is 6.38. The Balaban J connectivity index is 1.55. The van der Waals surface area contributed by atoms with Crippen molar-refractivity contribution < 1.29 is 9.90 Å². The van der Waals surface area contributed by atoms with Gasteiger partial charge in [-0.3, -0.25) is 9.69 Å². The smallest absolute Gasteiger partial charge is 0.223 e. The predicted molar refractivity (Wildman–Crippen MR) is 108 cm³/mol. The van der Waals surface area contributed by atoms with Crippen molar-refractivity contribution in [3.8, 4) is 0 Å². The number of benzene rings is 1. The van der Waals surface area contributed by atoms with Gasteiger partial charge in [0.25, 0.3) is 0 Å². The summed E-state index contributed by atoms with van der Waals surface area (Å²) in [6.07, 6.45) is 5.98. The number of hydrogen-bond acceptors (Lipinski definition) is 4. The molecule has 1 unspecified atom stereocenters. The van der Waals surface area contributed by atoms with Crippen molar-refractivity contribution in [2.24, 2.45) is 11.3 Å². The number of amides is 1. The van der Waals surface area contributed by atoms with E-state index in [-0.39, 0.29) is 23.8 Å². The molecule has 0 aromatic heterocycles. The summed E-state index contributed by atoms with van der Waals surface area (Å²) in [5, 5.41) is 10.0. The summed E-state index contributed by atoms with van der Waals surface area (Å²) in [4.78, 5) is 16.9. The van der Waals surface area contributed by atoms with Gasteiger partial charge in [0.2, 0.25) is 5.91 Å². The number of nitrogens with zero attached hydrogens (tertiary/aromatic N) is 2. The third kappa shape index (κ3) is 4.62. The van der Waals surface area contributed by atoms with E-state index in [1.807, 2.05) is 11.2 Å². The van der Waals surface area contributed by atoms with Gasteiger partial charge in [0.15, 0.2) is 0 Å². The highest BCUT2D eigenvalue weighted by molar-refractivity contribution is 7.98. The molecule has 2 heterocycles. The predicted octanol–water partition coefficient (Wildman–Crippen LogP) is 2.86. The van der Waals surface area contributed by atoms with Crippen LogP contribution in [0.15, 0.2) is 30.3 Å². The van der Waals surface area contributed by atoms with E-state index in [0.29, 0.717) is 6.42 Å². The van der Waals surface area contributed by atoms with E-state index in [1.54, 1.807) is 11.8 Å². The molecular formula is C21H32N2O2S. The lowest BCUT2D eigenvalue weighted by Crippen LogP contribution is -2.54. The monoisotopic (exact) mass is 376 g/mol. The van der Waals surface area contributed by atoms with Crippen LogP contribution in [0.1, 0.15) is 31.2 Å². The number of carbonyl (C=O) groups excluding carboxylic acids is 1. The number of carbonyl (C=O) groups is 1. The fourth-order valence-electron chi connectivity index (χ4n) is 4.59. The lowest BCUT2D eigenvalue weighted by atomic mass is 9.64. The third-order valence-corrected chi connectivity index (χ3v) is 6.99. The largest absolute Gasteiger partial charge is 0.396 e. The average Bonchev–Trinajstić information content (AvgIpc) is 2.69. The molecule has 2 aliphatic heterocycles. The molecule has 0 saturated carbocycles. The van der Waals surface area contributed by atoms with Crippen LogP contribution in [-0.2, 0) is 11.3 Å². The molecule has 2 aliphatic rings. The second-order valence-corrected chi connectivity index (χ2v) is 8.82. The Morgan fingerprint density at radius 3 is 2.54 bits per heavy atom. The van der Waals surface area contributed by atoms with Gasteiger partial charge in [-0.1, -0.05) is 30.3 Å². The first-order valence-electron chi connectivity index (χ1n) is 9.81. The molecule has 1 aromatic carbocycles. The van der Waals surface area contributed by atoms with Crippen LogP contribution in [0.5, 0.6) is 0 Å². The first-order valence-corrected chi connectivity index (χ1v) is 11.2. The molecule has 4 nitrogen and oxygen atoms in total. The fourth-order valence-corrected chi connectivity index (χ4v) is 4.97. The van der Waals surface area contributed by atoms with Crippen LogP contribution in [0.4, 0.5) is 0 Å². The van der Waals surface area contributed by atoms with Crippen LogP contribution in [0.3, 0.4) is 0 Å². The summed E-state index contributed by atoms with van der Waals surface area (Å²) in [5.41, 5.74) is 1.59. The van der Waals surface area contributed by atoms with E-state index < -0.39 is 0 Å². The summed E-state index contributed by atoms with van der Waals surface area (Å²) < 4.78 is 0. The lowest BCUT2D eigenvalue weighted by molar-refractivity contribution is -0.137. The highest BCUT2D eigenvalue weighted by Gasteiger charge is 2.45. The molecule has 2 saturated heterocycles. The number of thioether (sulfide) groups is 1. The van der Waals surface area contributed by atoms with E-state index in [4.69, 9.17) is 0 Å². The maximum Gasteiger partial charge on any atom is 0.223 e. The SMILES string of the molecule is CSCCC(=O)N1CCC2(CCN(Cc3ccccc3)CC2)C(CO)C1. The normalized spacial score (nSPS) is 23.3. The Bertz CT molecular complexity index is 573. The molecule has 1 atom stereocenters. The molecule has 3 rings (SSSR count). The van der Waals surface area contributed by atoms with Gasteiger partial charge in [0, 0.05) is 44.3 Å². The quantitative estimate of drug-likeness (QED) is 0.829. The number of hydrogen-bond donors (Lipinski definition) is 1. The van der Waals surface area contributed by atoms with Crippen LogP contribution < -0.4 is 0 Å². The molecule has 5 heteroatoms. The topological polar surface area (TPSA) is 43.8 Å². The summed E-state index contributed by atoms with van der Waals surface area (Å²) >= 11 is 1.72. The van der Waals surface area contributed by atoms with Gasteiger partial charge in [-0.15, -0.1) is 0 Å². The molecular weight excluding hydrogens is 344 g/mol. The van der Waals surface area contributed by atoms with Crippen LogP contribution in [0.25, 0.3) is 0 Å². The van der Waals surface area contributed by atoms with Crippen LogP contribution in [0, 0.1) is 11.3 Å². The van der Waals surface area contributed by atoms with Crippen LogP contribution in [0.2, 0.25) is 0 Å². The summed E-state index contributed by atoms with van der Waals surface area (Å²) in [6, 6.07) is 10.7. The molecule has 0 radical (unpaired) electrons. The summed E-state index contributed by atoms with van der Waals surface area (Å²) in [5.74, 6) is 1.38. The van der Waals surface area contributed by atoms with E-state index in [1.165, 1.54) is 5.56 Å². The average molecular weight is 377 g/mol. The maximum atomic E-state index is 12.4. The van der Waals surface area contributed by atoms with Gasteiger partial charge in [-0.25, -0.2) is 0 Å². The van der Waals surface area contributed by atoms with Crippen molar-refractivity contribution in [2.75, 3.05) is 44.8 Å². The van der Waals surface area contributed by atoms with Crippen molar-refractivity contribution in [1.82, 2.24) is 9.80 Å². The highest BCUT2D eigenvalue weighted by atomic mass is 32.2. The van der Waals surface area contributed by atoms with Gasteiger partial charge >= 0.3 is 0 Å². The zero-order valence-electron chi connectivity index (χ0n) is 15.9. The molecule has 144 valence electrons. The van der Waals surface area contributed by atoms with E-state index in [0.717, 1.165) is 57.7 Å². The van der Waals surface area contributed by atoms with Crippen molar-refractivity contribution >= 4 is 17.7 Å². The zero-order valence-corrected chi connectivity index (χ0v) is 16.7. The standard InChI is InChI=1S/C21H32N2O2S/c1-26-14-7-20(25)23-13-10-21(19(16-23)17-24)8-11-22(12-9-21)15-18-5-3-2-4-6-18/h2-6,19,24H,7-17H2,1H3. The number of piperidine rings is 2. The minimum atomic E-state index is 0.199. The molecule has 0 bridgehead atoms. The van der Waals surface area contributed by atoms with E-state index in [2.05, 4.69) is 35.2 Å². The van der Waals surface area contributed by atoms with Crippen molar-refractivity contribution in [1.29, 1.82) is 0 Å². The number of aliphatic hydroxyl groups excluding tert-OH is 1. The second-order valence-electron chi connectivity index (χ2n) is 7.84. The summed E-state index contributed by atoms with van der Waals surface area (Å²) in [6.45, 7) is 4.99. The molecule has 0 aliphatic carbocycles. The summed E-state index contributed by atoms with van der Waals surface area (Å²) in [7, 11) is 0. The van der Waals surface area contributed by atoms with Gasteiger partial charge in [-0.05, 0) is 49.6 Å². The molecule has 2 fully saturated rings. The van der Waals surface area contributed by atoms with E-state index in [9.17, 15) is 9.90 Å². The minimum absolute atomic E-state index is 0.199. The first-order chi connectivity index (χ1) is 12.7. The second kappa shape index (κ2) is 9.25. The molecule has 1 aromatic rings. The fraction of sp³-hybridized carbons (Fsp3) is 0.667. The van der Waals surface area contributed by atoms with Crippen LogP contribution in [-0.4, -0.2) is 65.6 Å². The van der Waals surface area contributed by atoms with Crippen molar-refractivity contribution in [3.05, 3.63) is 35.9 Å². The van der Waals surface area contributed by atoms with Gasteiger partial charge in [0.1, 0.15) is 0 Å². The lowest BCUT2D eigenvalue weighted by Gasteiger charge is -2.51. The van der Waals surface area contributed by atoms with Gasteiger partial charge in [0.05, 0.1) is 0 Å². The number of rotatable bonds is 6. The Morgan fingerprint density at radius 2 is 1.88 bits per heavy atom. The highest BCUT2D eigenvalue weighted by Crippen LogP contribution is 2.45.